The number of furan rings is 1. The smallest absolute Gasteiger partial charge is 0.305 e. The Balaban J connectivity index is 1.72. The van der Waals surface area contributed by atoms with Gasteiger partial charge in [0.05, 0.1) is 6.26 Å². The molecule has 5 nitrogen and oxygen atoms in total. The molecule has 0 spiro atoms. The quantitative estimate of drug-likeness (QED) is 0.544. The van der Waals surface area contributed by atoms with Crippen LogP contribution in [0, 0.1) is 0 Å². The van der Waals surface area contributed by atoms with E-state index < -0.39 is 11.2 Å². The van der Waals surface area contributed by atoms with E-state index in [4.69, 9.17) is 4.42 Å². The molecule has 1 heterocycles. The zero-order valence-corrected chi connectivity index (χ0v) is 14.0. The van der Waals surface area contributed by atoms with Gasteiger partial charge in [-0.2, -0.15) is 0 Å². The van der Waals surface area contributed by atoms with Gasteiger partial charge in [-0.25, -0.2) is 0 Å². The van der Waals surface area contributed by atoms with Crippen molar-refractivity contribution < 1.29 is 14.0 Å². The number of carbonyl (C=O) groups excluding carboxylic acids is 2. The molecule has 2 N–H and O–H groups in total. The van der Waals surface area contributed by atoms with Crippen LogP contribution in [0.2, 0.25) is 0 Å². The summed E-state index contributed by atoms with van der Waals surface area (Å²) in [6.45, 7) is 0. The van der Waals surface area contributed by atoms with Crippen LogP contribution in [0.1, 0.15) is 21.4 Å². The summed E-state index contributed by atoms with van der Waals surface area (Å²) in [7, 11) is 0. The molecule has 0 saturated carbocycles. The van der Waals surface area contributed by atoms with Gasteiger partial charge in [0.2, 0.25) is 0 Å². The van der Waals surface area contributed by atoms with Gasteiger partial charge < -0.3 is 4.42 Å². The first kappa shape index (κ1) is 16.9. The highest BCUT2D eigenvalue weighted by atomic mass is 32.2. The maximum absolute atomic E-state index is 12.6. The number of thioether (sulfide) groups is 1. The molecule has 0 aliphatic carbocycles. The second kappa shape index (κ2) is 8.21. The minimum atomic E-state index is -0.505. The third-order valence-corrected chi connectivity index (χ3v) is 4.65. The molecule has 3 aromatic rings. The highest BCUT2D eigenvalue weighted by Crippen LogP contribution is 2.35. The summed E-state index contributed by atoms with van der Waals surface area (Å²) in [6, 6.07) is 22.2. The third kappa shape index (κ3) is 4.51. The topological polar surface area (TPSA) is 71.3 Å². The van der Waals surface area contributed by atoms with Crippen LogP contribution in [-0.4, -0.2) is 11.8 Å². The van der Waals surface area contributed by atoms with Crippen LogP contribution in [0.25, 0.3) is 0 Å². The highest BCUT2D eigenvalue weighted by molar-refractivity contribution is 8.00. The lowest BCUT2D eigenvalue weighted by Crippen LogP contribution is -2.43. The first-order valence-electron chi connectivity index (χ1n) is 7.64. The van der Waals surface area contributed by atoms with Crippen molar-refractivity contribution in [3.63, 3.8) is 0 Å². The van der Waals surface area contributed by atoms with Crippen LogP contribution >= 0.6 is 11.8 Å². The van der Waals surface area contributed by atoms with E-state index in [-0.39, 0.29) is 11.7 Å². The van der Waals surface area contributed by atoms with Gasteiger partial charge in [0.15, 0.2) is 5.76 Å². The summed E-state index contributed by atoms with van der Waals surface area (Å²) in [4.78, 5) is 25.5. The molecule has 0 aliphatic heterocycles. The molecule has 0 aliphatic rings. The van der Waals surface area contributed by atoms with E-state index >= 15 is 0 Å². The van der Waals surface area contributed by atoms with Crippen molar-refractivity contribution in [1.82, 2.24) is 10.9 Å². The van der Waals surface area contributed by atoms with Gasteiger partial charge in [0.1, 0.15) is 5.25 Å². The molecule has 2 amide bonds. The van der Waals surface area contributed by atoms with Crippen LogP contribution in [0.15, 0.2) is 88.4 Å². The molecule has 0 saturated heterocycles. The summed E-state index contributed by atoms with van der Waals surface area (Å²) >= 11 is 1.41. The van der Waals surface area contributed by atoms with Gasteiger partial charge >= 0.3 is 5.91 Å². The fourth-order valence-corrected chi connectivity index (χ4v) is 3.23. The number of hydrazine groups is 1. The van der Waals surface area contributed by atoms with E-state index in [1.807, 2.05) is 60.7 Å². The lowest BCUT2D eigenvalue weighted by Gasteiger charge is -2.17. The second-order valence-corrected chi connectivity index (χ2v) is 6.32. The normalized spacial score (nSPS) is 11.5. The van der Waals surface area contributed by atoms with Crippen LogP contribution in [0.4, 0.5) is 0 Å². The Morgan fingerprint density at radius 1 is 0.840 bits per heavy atom. The minimum Gasteiger partial charge on any atom is -0.459 e. The molecule has 2 aromatic carbocycles. The van der Waals surface area contributed by atoms with Gasteiger partial charge in [0.25, 0.3) is 5.91 Å². The third-order valence-electron chi connectivity index (χ3n) is 3.38. The van der Waals surface area contributed by atoms with Gasteiger partial charge in [-0.15, -0.1) is 11.8 Å². The molecule has 0 fully saturated rings. The average molecular weight is 352 g/mol. The van der Waals surface area contributed by atoms with E-state index in [2.05, 4.69) is 10.9 Å². The predicted molar refractivity (Wildman–Crippen MR) is 95.8 cm³/mol. The number of hydrogen-bond donors (Lipinski definition) is 2. The molecule has 6 heteroatoms. The molecule has 1 atom stereocenters. The van der Waals surface area contributed by atoms with E-state index in [9.17, 15) is 9.59 Å². The Hall–Kier alpha value is -2.99. The van der Waals surface area contributed by atoms with Crippen molar-refractivity contribution >= 4 is 23.6 Å². The maximum Gasteiger partial charge on any atom is 0.305 e. The summed E-state index contributed by atoms with van der Waals surface area (Å²) < 4.78 is 5.00. The molecule has 3 rings (SSSR count). The van der Waals surface area contributed by atoms with Crippen molar-refractivity contribution in [2.24, 2.45) is 0 Å². The summed E-state index contributed by atoms with van der Waals surface area (Å²) in [5.74, 6) is -0.692. The summed E-state index contributed by atoms with van der Waals surface area (Å²) in [5.41, 5.74) is 5.69. The Morgan fingerprint density at radius 2 is 1.52 bits per heavy atom. The van der Waals surface area contributed by atoms with Gasteiger partial charge in [0, 0.05) is 4.90 Å². The van der Waals surface area contributed by atoms with Crippen molar-refractivity contribution in [3.8, 4) is 0 Å². The number of amides is 2. The van der Waals surface area contributed by atoms with Crippen LogP contribution in [0.3, 0.4) is 0 Å². The molecule has 126 valence electrons. The van der Waals surface area contributed by atoms with Gasteiger partial charge in [-0.1, -0.05) is 48.5 Å². The lowest BCUT2D eigenvalue weighted by molar-refractivity contribution is -0.121. The Morgan fingerprint density at radius 3 is 2.16 bits per heavy atom. The number of carbonyl (C=O) groups is 2. The SMILES string of the molecule is O=C(NNC(=O)[C@@H](Sc1ccccc1)c1ccccc1)c1ccco1. The van der Waals surface area contributed by atoms with Crippen molar-refractivity contribution in [2.45, 2.75) is 10.1 Å². The molecule has 0 bridgehead atoms. The largest absolute Gasteiger partial charge is 0.459 e. The molecule has 0 radical (unpaired) electrons. The minimum absolute atomic E-state index is 0.132. The number of rotatable bonds is 5. The van der Waals surface area contributed by atoms with Crippen molar-refractivity contribution in [2.75, 3.05) is 0 Å². The zero-order chi connectivity index (χ0) is 17.5. The Kier molecular flexibility index (Phi) is 5.53. The lowest BCUT2D eigenvalue weighted by atomic mass is 10.1. The highest BCUT2D eigenvalue weighted by Gasteiger charge is 2.22. The predicted octanol–water partition coefficient (Wildman–Crippen LogP) is 3.57. The molecular weight excluding hydrogens is 336 g/mol. The van der Waals surface area contributed by atoms with E-state index in [1.165, 1.54) is 24.1 Å². The average Bonchev–Trinajstić information content (AvgIpc) is 3.20. The van der Waals surface area contributed by atoms with E-state index in [0.29, 0.717) is 0 Å². The Labute approximate surface area is 149 Å². The summed E-state index contributed by atoms with van der Waals surface area (Å²) in [5, 5.41) is -0.500. The van der Waals surface area contributed by atoms with E-state index in [0.717, 1.165) is 10.5 Å². The fourth-order valence-electron chi connectivity index (χ4n) is 2.19. The fraction of sp³-hybridized carbons (Fsp3) is 0.0526. The molecule has 1 aromatic heterocycles. The monoisotopic (exact) mass is 352 g/mol. The van der Waals surface area contributed by atoms with Gasteiger partial charge in [-0.3, -0.25) is 20.4 Å². The van der Waals surface area contributed by atoms with Crippen LogP contribution in [0.5, 0.6) is 0 Å². The molecule has 0 unspecified atom stereocenters. The molecule has 25 heavy (non-hydrogen) atoms. The zero-order valence-electron chi connectivity index (χ0n) is 13.2. The second-order valence-electron chi connectivity index (χ2n) is 5.14. The van der Waals surface area contributed by atoms with Crippen LogP contribution in [-0.2, 0) is 4.79 Å². The standard InChI is InChI=1S/C19H16N2O3S/c22-18(16-12-7-13-24-16)20-21-19(23)17(14-8-3-1-4-9-14)25-15-10-5-2-6-11-15/h1-13,17H,(H,20,22)(H,21,23)/t17-/m0/s1. The Bertz CT molecular complexity index is 820. The molecular formula is C19H16N2O3S. The van der Waals surface area contributed by atoms with Crippen LogP contribution < -0.4 is 10.9 Å². The van der Waals surface area contributed by atoms with Crippen molar-refractivity contribution in [3.05, 3.63) is 90.4 Å². The van der Waals surface area contributed by atoms with Crippen molar-refractivity contribution in [1.29, 1.82) is 0 Å². The van der Waals surface area contributed by atoms with Gasteiger partial charge in [-0.05, 0) is 29.8 Å². The number of nitrogens with one attached hydrogen (secondary N) is 2. The maximum atomic E-state index is 12.6. The summed E-state index contributed by atoms with van der Waals surface area (Å²) in [6.07, 6.45) is 1.40. The number of benzene rings is 2. The first-order valence-corrected chi connectivity index (χ1v) is 8.52. The van der Waals surface area contributed by atoms with E-state index in [1.54, 1.807) is 6.07 Å². The first-order chi connectivity index (χ1) is 12.2. The number of hydrogen-bond acceptors (Lipinski definition) is 4.